The van der Waals surface area contributed by atoms with E-state index in [1.54, 1.807) is 19.2 Å². The predicted molar refractivity (Wildman–Crippen MR) is 428 cm³/mol. The Bertz CT molecular complexity index is 3500. The molecule has 0 fully saturated rings. The Morgan fingerprint density at radius 1 is 0.631 bits per heavy atom. The standard InChI is InChI=1S/C88H130N6O7S.ClH/c1-12-14-16-18-20-22-24-26-27-28-29-30-31-32-33-35-37-38-40-44-60-93-75-49-43-42-48-72(75)87(4,5)79(93)50-46-51-80-88(6,7)73-62-67(54-58-76(73)94(80)61-45-41-39-36-34-25-23-21-19-17-15-13-2)64-89-81(97)52-47-53-82(98)92-90-65-71-69-55-57-74(91-66(3)95)70-63-77(96)78(102-11)59-56-68(70)83(69)85(100-9)86(101-10)84(71)99-8;/h42-43,46,48-51,54,56,58-59,62-63,65,74H,12-41,44-45,47,52-53,55,57,60-61,64H2,1-11H3,(H2-,89,91,92,95,97,98);1H/b90-65-;/t74-;/m0./s1. The molecule has 2 heterocycles. The smallest absolute Gasteiger partial charge is 0.240 e. The Kier molecular flexibility index (Phi) is 38.1. The third-order valence-electron chi connectivity index (χ3n) is 21.7. The van der Waals surface area contributed by atoms with Crippen LogP contribution in [0.5, 0.6) is 17.2 Å². The second-order valence-electron chi connectivity index (χ2n) is 30.2. The van der Waals surface area contributed by atoms with Crippen molar-refractivity contribution in [1.82, 2.24) is 16.1 Å². The molecule has 0 aromatic heterocycles. The summed E-state index contributed by atoms with van der Waals surface area (Å²) in [7, 11) is 4.60. The summed E-state index contributed by atoms with van der Waals surface area (Å²) in [6.07, 6.45) is 55.5. The van der Waals surface area contributed by atoms with E-state index in [0.717, 1.165) is 30.6 Å². The van der Waals surface area contributed by atoms with E-state index in [1.165, 1.54) is 272 Å². The van der Waals surface area contributed by atoms with E-state index in [1.807, 2.05) is 12.3 Å². The van der Waals surface area contributed by atoms with Gasteiger partial charge in [-0.15, -0.1) is 11.8 Å². The van der Waals surface area contributed by atoms with E-state index in [0.29, 0.717) is 70.2 Å². The number of ether oxygens (including phenoxy) is 3. The van der Waals surface area contributed by atoms with Gasteiger partial charge in [-0.2, -0.15) is 9.68 Å². The third kappa shape index (κ3) is 25.1. The van der Waals surface area contributed by atoms with Crippen molar-refractivity contribution in [2.75, 3.05) is 45.6 Å². The molecule has 0 spiro atoms. The highest BCUT2D eigenvalue weighted by molar-refractivity contribution is 7.98. The molecule has 1 aliphatic carbocycles. The van der Waals surface area contributed by atoms with Crippen LogP contribution in [0, 0.1) is 0 Å². The van der Waals surface area contributed by atoms with Gasteiger partial charge in [-0.05, 0) is 104 Å². The van der Waals surface area contributed by atoms with Gasteiger partial charge in [0.25, 0.3) is 0 Å². The first-order valence-corrected chi connectivity index (χ1v) is 41.3. The first kappa shape index (κ1) is 85.5. The van der Waals surface area contributed by atoms with Crippen molar-refractivity contribution in [3.8, 4) is 28.4 Å². The van der Waals surface area contributed by atoms with Crippen LogP contribution in [-0.4, -0.2) is 74.9 Å². The Morgan fingerprint density at radius 3 is 1.73 bits per heavy atom. The summed E-state index contributed by atoms with van der Waals surface area (Å²) in [6.45, 7) is 17.9. The Morgan fingerprint density at radius 2 is 1.17 bits per heavy atom. The summed E-state index contributed by atoms with van der Waals surface area (Å²) in [5.41, 5.74) is 14.4. The minimum Gasteiger partial charge on any atom is -1.00 e. The second kappa shape index (κ2) is 45.9. The molecule has 4 aromatic rings. The lowest BCUT2D eigenvalue weighted by atomic mass is 9.81. The number of hydrogen-bond acceptors (Lipinski definition) is 10. The number of fused-ring (bicyclic) bond motifs is 5. The number of nitrogens with zero attached hydrogens (tertiary/aromatic N) is 3. The van der Waals surface area contributed by atoms with E-state index in [2.05, 4.69) is 133 Å². The summed E-state index contributed by atoms with van der Waals surface area (Å²) < 4.78 is 20.5. The highest BCUT2D eigenvalue weighted by Gasteiger charge is 2.44. The topological polar surface area (TPSA) is 151 Å². The maximum atomic E-state index is 13.5. The molecule has 0 unspecified atom stereocenters. The number of methoxy groups -OCH3 is 3. The first-order valence-electron chi connectivity index (χ1n) is 40.0. The van der Waals surface area contributed by atoms with Crippen molar-refractivity contribution >= 4 is 52.8 Å². The number of carbonyl (C=O) groups excluding carboxylic acids is 3. The highest BCUT2D eigenvalue weighted by atomic mass is 35.5. The lowest BCUT2D eigenvalue weighted by Gasteiger charge is -2.27. The zero-order valence-corrected chi connectivity index (χ0v) is 67.0. The molecule has 3 amide bonds. The maximum absolute atomic E-state index is 13.5. The Hall–Kier alpha value is -6.38. The lowest BCUT2D eigenvalue weighted by Crippen LogP contribution is -3.00. The van der Waals surface area contributed by atoms with Gasteiger partial charge >= 0.3 is 0 Å². The van der Waals surface area contributed by atoms with Gasteiger partial charge in [-0.25, -0.2) is 5.43 Å². The van der Waals surface area contributed by atoms with Crippen LogP contribution in [0.1, 0.15) is 319 Å². The van der Waals surface area contributed by atoms with Crippen molar-refractivity contribution in [2.24, 2.45) is 5.10 Å². The predicted octanol–water partition coefficient (Wildman–Crippen LogP) is 18.7. The van der Waals surface area contributed by atoms with Crippen LogP contribution < -0.4 is 53.0 Å². The Balaban J connectivity index is 0.0000167. The molecule has 0 saturated heterocycles. The number of benzene rings is 3. The van der Waals surface area contributed by atoms with E-state index < -0.39 is 6.04 Å². The minimum absolute atomic E-state index is 0. The fraction of sp³-hybridized carbons (Fsp3) is 0.614. The van der Waals surface area contributed by atoms with Crippen molar-refractivity contribution in [1.29, 1.82) is 0 Å². The average Bonchev–Trinajstić information content (AvgIpc) is 1.67. The highest BCUT2D eigenvalue weighted by Crippen LogP contribution is 2.53. The Labute approximate surface area is 632 Å². The molecule has 4 aromatic carbocycles. The molecule has 1 atom stereocenters. The molecule has 0 bridgehead atoms. The molecule has 568 valence electrons. The van der Waals surface area contributed by atoms with Gasteiger partial charge in [0.1, 0.15) is 6.54 Å². The largest absolute Gasteiger partial charge is 1.00 e. The van der Waals surface area contributed by atoms with Crippen LogP contribution in [0.2, 0.25) is 0 Å². The number of amides is 3. The molecule has 3 aliphatic rings. The number of para-hydroxylation sites is 1. The lowest BCUT2D eigenvalue weighted by molar-refractivity contribution is -0.438. The fourth-order valence-corrected chi connectivity index (χ4v) is 16.4. The zero-order chi connectivity index (χ0) is 73.1. The maximum Gasteiger partial charge on any atom is 0.240 e. The normalized spacial score (nSPS) is 15.2. The summed E-state index contributed by atoms with van der Waals surface area (Å²) in [5, 5.41) is 10.6. The van der Waals surface area contributed by atoms with Crippen molar-refractivity contribution in [2.45, 2.75) is 314 Å². The first-order chi connectivity index (χ1) is 49.5. The van der Waals surface area contributed by atoms with Gasteiger partial charge in [-0.1, -0.05) is 256 Å². The van der Waals surface area contributed by atoms with Crippen molar-refractivity contribution in [3.63, 3.8) is 0 Å². The van der Waals surface area contributed by atoms with E-state index in [-0.39, 0.29) is 59.2 Å². The number of rotatable bonds is 49. The molecule has 0 radical (unpaired) electrons. The van der Waals surface area contributed by atoms with Gasteiger partial charge in [0.05, 0.1) is 43.9 Å². The fourth-order valence-electron chi connectivity index (χ4n) is 15.9. The quantitative estimate of drug-likeness (QED) is 0.0129. The molecular formula is C88H131ClN6O7S. The van der Waals surface area contributed by atoms with E-state index in [9.17, 15) is 19.2 Å². The molecule has 13 nitrogen and oxygen atoms in total. The number of carbonyl (C=O) groups is 3. The molecule has 103 heavy (non-hydrogen) atoms. The van der Waals surface area contributed by atoms with Gasteiger partial charge in [0.15, 0.2) is 22.6 Å². The van der Waals surface area contributed by atoms with Crippen molar-refractivity contribution < 1.29 is 45.6 Å². The SMILES string of the molecule is CCCCCCCCCCCCCCCCCCCCCC[N+]1=C(/C=C/C=C2/N(CCCCCCCCCCCCCC)c3ccc(CNC(=O)CCCC(=O)N/N=C\c4c5c(c(OC)c(OC)c4OC)-c4ccc(SC)c(=O)cc4[C@@H](NC(C)=O)CC5)cc3C2(C)C)C(C)(C)c2ccccc21.[Cl-]. The van der Waals surface area contributed by atoms with Crippen LogP contribution >= 0.6 is 11.8 Å². The summed E-state index contributed by atoms with van der Waals surface area (Å²) >= 11 is 1.35. The number of unbranched alkanes of at least 4 members (excludes halogenated alkanes) is 30. The van der Waals surface area contributed by atoms with E-state index >= 15 is 0 Å². The summed E-state index contributed by atoms with van der Waals surface area (Å²) in [4.78, 5) is 56.1. The number of hydrogen-bond donors (Lipinski definition) is 3. The molecule has 0 saturated carbocycles. The van der Waals surface area contributed by atoms with Gasteiger partial charge in [-0.3, -0.25) is 19.2 Å². The molecule has 7 rings (SSSR count). The van der Waals surface area contributed by atoms with Gasteiger partial charge < -0.3 is 42.2 Å². The minimum atomic E-state index is -0.480. The number of thioether (sulfide) groups is 1. The van der Waals surface area contributed by atoms with Gasteiger partial charge in [0.2, 0.25) is 29.2 Å². The van der Waals surface area contributed by atoms with Crippen LogP contribution in [-0.2, 0) is 38.2 Å². The molecule has 2 aliphatic heterocycles. The number of hydrazone groups is 1. The number of halogens is 1. The summed E-state index contributed by atoms with van der Waals surface area (Å²) in [6, 6.07) is 20.6. The van der Waals surface area contributed by atoms with E-state index in [4.69, 9.17) is 14.2 Å². The van der Waals surface area contributed by atoms with Crippen molar-refractivity contribution in [3.05, 3.63) is 128 Å². The van der Waals surface area contributed by atoms with Gasteiger partial charge in [0, 0.05) is 84.9 Å². The van der Waals surface area contributed by atoms with Crippen LogP contribution in [0.25, 0.3) is 11.1 Å². The zero-order valence-electron chi connectivity index (χ0n) is 65.4. The molecule has 15 heteroatoms. The second-order valence-corrected chi connectivity index (χ2v) is 31.0. The van der Waals surface area contributed by atoms with Crippen LogP contribution in [0.3, 0.4) is 0 Å². The van der Waals surface area contributed by atoms with Crippen LogP contribution in [0.4, 0.5) is 11.4 Å². The molecular weight excluding hydrogens is 1320 g/mol. The number of allylic oxidation sites excluding steroid dienone is 4. The average molecular weight is 1450 g/mol. The van der Waals surface area contributed by atoms with Crippen LogP contribution in [0.15, 0.2) is 99.4 Å². The monoisotopic (exact) mass is 1450 g/mol. The number of anilines is 1. The summed E-state index contributed by atoms with van der Waals surface area (Å²) in [5.74, 6) is 0.374. The number of nitrogens with one attached hydrogen (secondary N) is 3. The third-order valence-corrected chi connectivity index (χ3v) is 22.5. The molecule has 3 N–H and O–H groups in total.